The third-order valence-electron chi connectivity index (χ3n) is 2.88. The van der Waals surface area contributed by atoms with Crippen molar-refractivity contribution in [3.63, 3.8) is 0 Å². The van der Waals surface area contributed by atoms with Crippen molar-refractivity contribution in [3.05, 3.63) is 64.1 Å². The predicted molar refractivity (Wildman–Crippen MR) is 80.3 cm³/mol. The van der Waals surface area contributed by atoms with Crippen molar-refractivity contribution in [2.45, 2.75) is 6.04 Å². The first-order chi connectivity index (χ1) is 9.22. The summed E-state index contributed by atoms with van der Waals surface area (Å²) < 4.78 is 13.0. The number of hydrogen-bond acceptors (Lipinski definition) is 2. The van der Waals surface area contributed by atoms with E-state index in [1.807, 2.05) is 17.5 Å². The van der Waals surface area contributed by atoms with Crippen LogP contribution in [0.3, 0.4) is 0 Å². The molecule has 0 bridgehead atoms. The summed E-state index contributed by atoms with van der Waals surface area (Å²) in [5.74, 6) is -0.234. The molecule has 0 amide bonds. The van der Waals surface area contributed by atoms with Crippen molar-refractivity contribution in [1.82, 2.24) is 10.6 Å². The van der Waals surface area contributed by atoms with E-state index in [-0.39, 0.29) is 11.9 Å². The highest BCUT2D eigenvalue weighted by Crippen LogP contribution is 2.25. The summed E-state index contributed by atoms with van der Waals surface area (Å²) in [4.78, 5) is 1.14. The predicted octanol–water partition coefficient (Wildman–Crippen LogP) is 3.45. The average molecular weight is 290 g/mol. The van der Waals surface area contributed by atoms with E-state index in [1.165, 1.54) is 12.1 Å². The highest BCUT2D eigenvalue weighted by Gasteiger charge is 2.18. The number of nitrogens with one attached hydrogen (secondary N) is 2. The molecular weight excluding hydrogens is 279 g/mol. The molecule has 3 rings (SSSR count). The zero-order valence-electron chi connectivity index (χ0n) is 9.89. The molecule has 2 heterocycles. The van der Waals surface area contributed by atoms with Gasteiger partial charge in [-0.15, -0.1) is 11.3 Å². The van der Waals surface area contributed by atoms with Crippen molar-refractivity contribution in [2.75, 3.05) is 0 Å². The van der Waals surface area contributed by atoms with Gasteiger partial charge < -0.3 is 10.6 Å². The summed E-state index contributed by atoms with van der Waals surface area (Å²) in [6, 6.07) is 10.5. The smallest absolute Gasteiger partial charge is 0.171 e. The maximum absolute atomic E-state index is 13.0. The largest absolute Gasteiger partial charge is 0.352 e. The average Bonchev–Trinajstić information content (AvgIpc) is 2.93. The van der Waals surface area contributed by atoms with Gasteiger partial charge in [-0.1, -0.05) is 18.2 Å². The first-order valence-corrected chi connectivity index (χ1v) is 7.10. The molecule has 0 radical (unpaired) electrons. The van der Waals surface area contributed by atoms with E-state index in [2.05, 4.69) is 16.7 Å². The molecule has 2 N–H and O–H groups in total. The van der Waals surface area contributed by atoms with E-state index in [1.54, 1.807) is 23.5 Å². The Morgan fingerprint density at radius 1 is 1.16 bits per heavy atom. The quantitative estimate of drug-likeness (QED) is 0.828. The number of thiophene rings is 1. The summed E-state index contributed by atoms with van der Waals surface area (Å²) in [5, 5.41) is 8.92. The molecule has 0 saturated heterocycles. The summed E-state index contributed by atoms with van der Waals surface area (Å²) in [6.07, 6.45) is 2.06. The molecule has 1 atom stereocenters. The van der Waals surface area contributed by atoms with E-state index in [9.17, 15) is 4.39 Å². The fourth-order valence-corrected chi connectivity index (χ4v) is 2.92. The Bertz CT molecular complexity index is 617. The van der Waals surface area contributed by atoms with Crippen LogP contribution < -0.4 is 10.6 Å². The van der Waals surface area contributed by atoms with Crippen LogP contribution in [0.2, 0.25) is 0 Å². The first kappa shape index (κ1) is 12.3. The molecule has 1 aromatic heterocycles. The van der Waals surface area contributed by atoms with Gasteiger partial charge in [0, 0.05) is 0 Å². The van der Waals surface area contributed by atoms with Gasteiger partial charge in [0.15, 0.2) is 5.11 Å². The highest BCUT2D eigenvalue weighted by molar-refractivity contribution is 7.80. The molecule has 0 saturated carbocycles. The van der Waals surface area contributed by atoms with Crippen LogP contribution in [0.15, 0.2) is 47.9 Å². The van der Waals surface area contributed by atoms with Crippen LogP contribution in [-0.4, -0.2) is 5.11 Å². The molecule has 2 nitrogen and oxygen atoms in total. The Morgan fingerprint density at radius 3 is 2.63 bits per heavy atom. The molecule has 5 heteroatoms. The van der Waals surface area contributed by atoms with Crippen LogP contribution in [0, 0.1) is 5.82 Å². The number of halogens is 1. The van der Waals surface area contributed by atoms with Gasteiger partial charge >= 0.3 is 0 Å². The Kier molecular flexibility index (Phi) is 3.31. The van der Waals surface area contributed by atoms with E-state index in [0.717, 1.165) is 16.1 Å². The van der Waals surface area contributed by atoms with E-state index < -0.39 is 0 Å². The minimum atomic E-state index is -0.234. The molecule has 0 spiro atoms. The maximum atomic E-state index is 13.0. The molecule has 0 aliphatic carbocycles. The van der Waals surface area contributed by atoms with Gasteiger partial charge in [-0.2, -0.15) is 0 Å². The summed E-state index contributed by atoms with van der Waals surface area (Å²) in [7, 11) is 0. The van der Waals surface area contributed by atoms with Gasteiger partial charge in [-0.05, 0) is 47.4 Å². The molecule has 2 aromatic rings. The fraction of sp³-hybridized carbons (Fsp3) is 0.0714. The Hall–Kier alpha value is -1.72. The molecule has 0 fully saturated rings. The molecular formula is C14H11FN2S2. The number of benzene rings is 1. The van der Waals surface area contributed by atoms with Gasteiger partial charge in [-0.3, -0.25) is 0 Å². The molecule has 19 heavy (non-hydrogen) atoms. The second kappa shape index (κ2) is 5.11. The second-order valence-corrected chi connectivity index (χ2v) is 5.54. The lowest BCUT2D eigenvalue weighted by Crippen LogP contribution is -2.40. The van der Waals surface area contributed by atoms with Gasteiger partial charge in [0.2, 0.25) is 0 Å². The lowest BCUT2D eigenvalue weighted by molar-refractivity contribution is 0.625. The zero-order chi connectivity index (χ0) is 13.2. The van der Waals surface area contributed by atoms with Gasteiger partial charge in [0.05, 0.1) is 16.6 Å². The van der Waals surface area contributed by atoms with E-state index >= 15 is 0 Å². The van der Waals surface area contributed by atoms with Gasteiger partial charge in [0.25, 0.3) is 0 Å². The van der Waals surface area contributed by atoms with E-state index in [4.69, 9.17) is 12.2 Å². The van der Waals surface area contributed by atoms with Crippen LogP contribution >= 0.6 is 23.6 Å². The van der Waals surface area contributed by atoms with Gasteiger partial charge in [-0.25, -0.2) is 4.39 Å². The maximum Gasteiger partial charge on any atom is 0.171 e. The summed E-state index contributed by atoms with van der Waals surface area (Å²) >= 11 is 6.88. The third kappa shape index (κ3) is 2.67. The minimum Gasteiger partial charge on any atom is -0.352 e. The van der Waals surface area contributed by atoms with Crippen molar-refractivity contribution in [1.29, 1.82) is 0 Å². The normalized spacial score (nSPS) is 18.5. The number of thiocarbonyl (C=S) groups is 1. The Morgan fingerprint density at radius 2 is 1.95 bits per heavy atom. The van der Waals surface area contributed by atoms with E-state index in [0.29, 0.717) is 5.11 Å². The van der Waals surface area contributed by atoms with Crippen molar-refractivity contribution in [2.24, 2.45) is 0 Å². The second-order valence-electron chi connectivity index (χ2n) is 4.19. The van der Waals surface area contributed by atoms with Crippen molar-refractivity contribution >= 4 is 34.4 Å². The fourth-order valence-electron chi connectivity index (χ4n) is 1.97. The molecule has 0 unspecified atom stereocenters. The van der Waals surface area contributed by atoms with Crippen LogP contribution in [0.1, 0.15) is 16.5 Å². The van der Waals surface area contributed by atoms with Crippen molar-refractivity contribution < 1.29 is 4.39 Å². The molecule has 96 valence electrons. The summed E-state index contributed by atoms with van der Waals surface area (Å²) in [6.45, 7) is 0. The van der Waals surface area contributed by atoms with Crippen LogP contribution in [0.25, 0.3) is 5.70 Å². The topological polar surface area (TPSA) is 24.1 Å². The summed E-state index contributed by atoms with van der Waals surface area (Å²) in [5.41, 5.74) is 1.98. The van der Waals surface area contributed by atoms with Crippen LogP contribution in [-0.2, 0) is 0 Å². The Labute approximate surface area is 120 Å². The highest BCUT2D eigenvalue weighted by atomic mass is 32.1. The number of rotatable bonds is 2. The lowest BCUT2D eigenvalue weighted by Gasteiger charge is -2.25. The number of hydrogen-bond donors (Lipinski definition) is 2. The Balaban J connectivity index is 1.95. The van der Waals surface area contributed by atoms with Gasteiger partial charge in [0.1, 0.15) is 5.82 Å². The monoisotopic (exact) mass is 290 g/mol. The minimum absolute atomic E-state index is 0.0357. The molecule has 1 aliphatic heterocycles. The van der Waals surface area contributed by atoms with Crippen LogP contribution in [0.4, 0.5) is 4.39 Å². The SMILES string of the molecule is Fc1ccc([C@H]2C=C(c3cccs3)NC(=S)N2)cc1. The lowest BCUT2D eigenvalue weighted by atomic mass is 10.0. The molecule has 1 aromatic carbocycles. The third-order valence-corrected chi connectivity index (χ3v) is 4.01. The zero-order valence-corrected chi connectivity index (χ0v) is 11.5. The molecule has 1 aliphatic rings. The first-order valence-electron chi connectivity index (χ1n) is 5.81. The standard InChI is InChI=1S/C14H11FN2S2/c15-10-5-3-9(4-6-10)11-8-12(17-14(18)16-11)13-2-1-7-19-13/h1-8,11H,(H2,16,17,18)/t11-/m1/s1. The van der Waals surface area contributed by atoms with Crippen molar-refractivity contribution in [3.8, 4) is 0 Å². The van der Waals surface area contributed by atoms with Crippen LogP contribution in [0.5, 0.6) is 0 Å².